The van der Waals surface area contributed by atoms with E-state index >= 15 is 0 Å². The molecule has 1 aliphatic heterocycles. The van der Waals surface area contributed by atoms with Crippen molar-refractivity contribution in [2.24, 2.45) is 0 Å². The van der Waals surface area contributed by atoms with E-state index in [4.69, 9.17) is 4.74 Å². The summed E-state index contributed by atoms with van der Waals surface area (Å²) in [4.78, 5) is 21.0. The highest BCUT2D eigenvalue weighted by atomic mass is 32.1. The van der Waals surface area contributed by atoms with Crippen molar-refractivity contribution in [1.29, 1.82) is 0 Å². The third-order valence-corrected chi connectivity index (χ3v) is 6.84. The number of aromatic nitrogens is 4. The maximum atomic E-state index is 14.8. The maximum Gasteiger partial charge on any atom is 0.126 e. The van der Waals surface area contributed by atoms with E-state index < -0.39 is 0 Å². The fraction of sp³-hybridized carbons (Fsp3) is 0.200. The van der Waals surface area contributed by atoms with Gasteiger partial charge >= 0.3 is 0 Å². The molecule has 33 heavy (non-hydrogen) atoms. The van der Waals surface area contributed by atoms with E-state index in [0.717, 1.165) is 70.1 Å². The zero-order valence-corrected chi connectivity index (χ0v) is 18.6. The van der Waals surface area contributed by atoms with E-state index in [1.165, 1.54) is 6.07 Å². The molecule has 0 radical (unpaired) electrons. The number of halogens is 1. The number of thiophene rings is 1. The first-order valence-corrected chi connectivity index (χ1v) is 11.7. The normalized spacial score (nSPS) is 14.3. The quantitative estimate of drug-likeness (QED) is 0.384. The second-order valence-corrected chi connectivity index (χ2v) is 8.86. The number of hydrogen-bond acceptors (Lipinski definition) is 7. The van der Waals surface area contributed by atoms with E-state index in [-0.39, 0.29) is 5.82 Å². The number of fused-ring (bicyclic) bond motifs is 2. The molecule has 0 spiro atoms. The van der Waals surface area contributed by atoms with Gasteiger partial charge in [0, 0.05) is 41.5 Å². The highest BCUT2D eigenvalue weighted by Crippen LogP contribution is 2.31. The number of hydrogen-bond donors (Lipinski definition) is 0. The van der Waals surface area contributed by atoms with Gasteiger partial charge in [-0.3, -0.25) is 0 Å². The van der Waals surface area contributed by atoms with Crippen LogP contribution >= 0.6 is 11.3 Å². The molecule has 0 bridgehead atoms. The van der Waals surface area contributed by atoms with Crippen LogP contribution in [0, 0.1) is 5.82 Å². The van der Waals surface area contributed by atoms with Crippen LogP contribution < -0.4 is 4.90 Å². The molecule has 164 valence electrons. The minimum Gasteiger partial charge on any atom is -0.378 e. The van der Waals surface area contributed by atoms with Gasteiger partial charge in [0.2, 0.25) is 0 Å². The molecule has 0 amide bonds. The Hall–Kier alpha value is -3.49. The molecule has 6 rings (SSSR count). The molecule has 8 heteroatoms. The van der Waals surface area contributed by atoms with Gasteiger partial charge in [-0.25, -0.2) is 24.3 Å². The van der Waals surface area contributed by atoms with Crippen molar-refractivity contribution in [1.82, 2.24) is 19.9 Å². The lowest BCUT2D eigenvalue weighted by Crippen LogP contribution is -2.36. The lowest BCUT2D eigenvalue weighted by molar-refractivity contribution is 0.122. The summed E-state index contributed by atoms with van der Waals surface area (Å²) in [5.74, 6) is -0.256. The van der Waals surface area contributed by atoms with E-state index in [1.807, 2.05) is 17.5 Å². The summed E-state index contributed by atoms with van der Waals surface area (Å²) >= 11 is 1.56. The third kappa shape index (κ3) is 3.81. The van der Waals surface area contributed by atoms with Crippen LogP contribution in [0.25, 0.3) is 32.4 Å². The molecule has 1 aliphatic rings. The summed E-state index contributed by atoms with van der Waals surface area (Å²) in [6.07, 6.45) is 3.50. The maximum absolute atomic E-state index is 14.8. The summed E-state index contributed by atoms with van der Waals surface area (Å²) in [6.45, 7) is 3.20. The van der Waals surface area contributed by atoms with Gasteiger partial charge in [0.15, 0.2) is 0 Å². The van der Waals surface area contributed by atoms with Crippen molar-refractivity contribution < 1.29 is 9.13 Å². The largest absolute Gasteiger partial charge is 0.378 e. The molecule has 2 aromatic carbocycles. The molecule has 5 aromatic rings. The Bertz CT molecular complexity index is 1460. The second-order valence-electron chi connectivity index (χ2n) is 7.97. The molecular formula is C25H20FN5OS. The SMILES string of the molecule is Fc1ccc(-c2ncnc3cc(N4CCOCC4)ccc23)cc1Cc1ncnc2sccc12. The van der Waals surface area contributed by atoms with Crippen molar-refractivity contribution in [3.63, 3.8) is 0 Å². The van der Waals surface area contributed by atoms with Gasteiger partial charge in [-0.15, -0.1) is 11.3 Å². The van der Waals surface area contributed by atoms with Crippen LogP contribution in [-0.2, 0) is 11.2 Å². The Kier molecular flexibility index (Phi) is 5.16. The molecule has 3 aromatic heterocycles. The van der Waals surface area contributed by atoms with Crippen LogP contribution in [0.3, 0.4) is 0 Å². The number of nitrogens with zero attached hydrogens (tertiary/aromatic N) is 5. The zero-order valence-electron chi connectivity index (χ0n) is 17.7. The average Bonchev–Trinajstić information content (AvgIpc) is 3.35. The number of benzene rings is 2. The topological polar surface area (TPSA) is 64.0 Å². The highest BCUT2D eigenvalue weighted by molar-refractivity contribution is 7.16. The Morgan fingerprint density at radius 2 is 1.79 bits per heavy atom. The molecule has 0 aliphatic carbocycles. The molecule has 1 fully saturated rings. The summed E-state index contributed by atoms with van der Waals surface area (Å²) in [5, 5.41) is 3.89. The van der Waals surface area contributed by atoms with Crippen molar-refractivity contribution in [2.45, 2.75) is 6.42 Å². The number of rotatable bonds is 4. The summed E-state index contributed by atoms with van der Waals surface area (Å²) in [5.41, 5.74) is 5.03. The molecule has 0 unspecified atom stereocenters. The van der Waals surface area contributed by atoms with E-state index in [1.54, 1.807) is 30.1 Å². The first-order valence-electron chi connectivity index (χ1n) is 10.8. The van der Waals surface area contributed by atoms with Gasteiger partial charge < -0.3 is 9.64 Å². The standard InChI is InChI=1S/C25H20FN5OS/c26-21-4-1-16(11-17(21)12-22-20-5-10-33-25(20)30-15-28-22)24-19-3-2-18(13-23(19)27-14-29-24)31-6-8-32-9-7-31/h1-5,10-11,13-15H,6-9,12H2. The summed E-state index contributed by atoms with van der Waals surface area (Å²) in [7, 11) is 0. The van der Waals surface area contributed by atoms with Crippen LogP contribution in [0.1, 0.15) is 11.3 Å². The van der Waals surface area contributed by atoms with Crippen LogP contribution in [-0.4, -0.2) is 46.2 Å². The Morgan fingerprint density at radius 1 is 0.909 bits per heavy atom. The zero-order chi connectivity index (χ0) is 22.2. The minimum absolute atomic E-state index is 0.256. The van der Waals surface area contributed by atoms with Crippen LogP contribution in [0.2, 0.25) is 0 Å². The fourth-order valence-electron chi connectivity index (χ4n) is 4.31. The van der Waals surface area contributed by atoms with Crippen molar-refractivity contribution in [2.75, 3.05) is 31.2 Å². The lowest BCUT2D eigenvalue weighted by Gasteiger charge is -2.29. The van der Waals surface area contributed by atoms with Gasteiger partial charge in [0.05, 0.1) is 30.1 Å². The molecule has 0 saturated carbocycles. The first-order chi connectivity index (χ1) is 16.3. The van der Waals surface area contributed by atoms with Crippen LogP contribution in [0.4, 0.5) is 10.1 Å². The Morgan fingerprint density at radius 3 is 2.70 bits per heavy atom. The summed E-state index contributed by atoms with van der Waals surface area (Å²) < 4.78 is 20.2. The summed E-state index contributed by atoms with van der Waals surface area (Å²) in [6, 6.07) is 13.4. The highest BCUT2D eigenvalue weighted by Gasteiger charge is 2.15. The molecule has 0 N–H and O–H groups in total. The smallest absolute Gasteiger partial charge is 0.126 e. The molecule has 4 heterocycles. The van der Waals surface area contributed by atoms with Gasteiger partial charge in [-0.2, -0.15) is 0 Å². The predicted octanol–water partition coefficient (Wildman–Crippen LogP) is 4.87. The first kappa shape index (κ1) is 20.1. The molecule has 6 nitrogen and oxygen atoms in total. The van der Waals surface area contributed by atoms with E-state index in [2.05, 4.69) is 43.0 Å². The van der Waals surface area contributed by atoms with E-state index in [9.17, 15) is 4.39 Å². The Balaban J connectivity index is 1.38. The second kappa shape index (κ2) is 8.46. The van der Waals surface area contributed by atoms with Crippen molar-refractivity contribution in [3.05, 3.63) is 77.6 Å². The Labute approximate surface area is 193 Å². The van der Waals surface area contributed by atoms with Gasteiger partial charge in [-0.1, -0.05) is 0 Å². The van der Waals surface area contributed by atoms with Gasteiger partial charge in [-0.05, 0) is 53.4 Å². The molecule has 1 saturated heterocycles. The van der Waals surface area contributed by atoms with Crippen LogP contribution in [0.5, 0.6) is 0 Å². The average molecular weight is 458 g/mol. The molecular weight excluding hydrogens is 437 g/mol. The fourth-order valence-corrected chi connectivity index (χ4v) is 5.07. The van der Waals surface area contributed by atoms with Gasteiger partial charge in [0.1, 0.15) is 23.3 Å². The minimum atomic E-state index is -0.256. The number of morpholine rings is 1. The van der Waals surface area contributed by atoms with Gasteiger partial charge in [0.25, 0.3) is 0 Å². The van der Waals surface area contributed by atoms with Crippen LogP contribution in [0.15, 0.2) is 60.5 Å². The van der Waals surface area contributed by atoms with Crippen molar-refractivity contribution >= 4 is 38.1 Å². The monoisotopic (exact) mass is 457 g/mol. The third-order valence-electron chi connectivity index (χ3n) is 6.02. The number of ether oxygens (including phenoxy) is 1. The van der Waals surface area contributed by atoms with Crippen molar-refractivity contribution in [3.8, 4) is 11.3 Å². The van der Waals surface area contributed by atoms with E-state index in [0.29, 0.717) is 12.0 Å². The molecule has 0 atom stereocenters. The predicted molar refractivity (Wildman–Crippen MR) is 128 cm³/mol. The number of anilines is 1. The lowest BCUT2D eigenvalue weighted by atomic mass is 10.00.